The van der Waals surface area contributed by atoms with Crippen LogP contribution in [0.4, 0.5) is 55.6 Å². The van der Waals surface area contributed by atoms with E-state index in [2.05, 4.69) is 27.1 Å². The molecule has 5 heterocycles. The van der Waals surface area contributed by atoms with Crippen LogP contribution in [0.3, 0.4) is 0 Å². The maximum atomic E-state index is 13.7. The maximum Gasteiger partial charge on any atom is 0.419 e. The predicted molar refractivity (Wildman–Crippen MR) is 144 cm³/mol. The minimum Gasteiger partial charge on any atom is -0.362 e. The normalized spacial score (nSPS) is 17.8. The third-order valence-corrected chi connectivity index (χ3v) is 7.38. The summed E-state index contributed by atoms with van der Waals surface area (Å²) in [6.07, 6.45) is -5.26. The third-order valence-electron chi connectivity index (χ3n) is 7.38. The highest BCUT2D eigenvalue weighted by molar-refractivity contribution is 5.64. The average Bonchev–Trinajstić information content (AvgIpc) is 3.21. The number of anilines is 5. The van der Waals surface area contributed by atoms with Gasteiger partial charge in [0.05, 0.1) is 16.8 Å². The van der Waals surface area contributed by atoms with Crippen molar-refractivity contribution in [3.8, 4) is 0 Å². The summed E-state index contributed by atoms with van der Waals surface area (Å²) in [5, 5.41) is 3.11. The van der Waals surface area contributed by atoms with Crippen LogP contribution in [-0.2, 0) is 25.2 Å². The molecule has 0 radical (unpaired) electrons. The highest BCUT2D eigenvalue weighted by atomic mass is 19.4. The molecule has 3 aromatic rings. The van der Waals surface area contributed by atoms with Gasteiger partial charge in [-0.25, -0.2) is 15.0 Å². The molecule has 8 nitrogen and oxygen atoms in total. The van der Waals surface area contributed by atoms with Gasteiger partial charge in [-0.2, -0.15) is 31.3 Å². The molecule has 0 aromatic carbocycles. The van der Waals surface area contributed by atoms with Gasteiger partial charge in [-0.15, -0.1) is 0 Å². The van der Waals surface area contributed by atoms with Gasteiger partial charge in [-0.3, -0.25) is 0 Å². The SMILES string of the molecule is CC1CCCN1c1nc2c(c(Nc3ccc(C(F)(F)F)c(N(C)C)n3)n1)CCN(c1ncccc1C(F)(F)F)CC2. The predicted octanol–water partition coefficient (Wildman–Crippen LogP) is 5.71. The van der Waals surface area contributed by atoms with Crippen LogP contribution in [0.15, 0.2) is 30.5 Å². The molecule has 0 bridgehead atoms. The topological polar surface area (TPSA) is 73.3 Å². The Bertz CT molecular complexity index is 1410. The van der Waals surface area contributed by atoms with Crippen molar-refractivity contribution in [1.29, 1.82) is 0 Å². The Morgan fingerprint density at radius 1 is 0.902 bits per heavy atom. The van der Waals surface area contributed by atoms with Crippen molar-refractivity contribution < 1.29 is 26.3 Å². The lowest BCUT2D eigenvalue weighted by Gasteiger charge is -2.24. The summed E-state index contributed by atoms with van der Waals surface area (Å²) in [4.78, 5) is 22.8. The van der Waals surface area contributed by atoms with Gasteiger partial charge in [0.15, 0.2) is 0 Å². The summed E-state index contributed by atoms with van der Waals surface area (Å²) in [6.45, 7) is 3.28. The van der Waals surface area contributed by atoms with Gasteiger partial charge in [-0.1, -0.05) is 0 Å². The van der Waals surface area contributed by atoms with Crippen molar-refractivity contribution in [2.75, 3.05) is 53.7 Å². The van der Waals surface area contributed by atoms with Crippen LogP contribution in [0.25, 0.3) is 0 Å². The summed E-state index contributed by atoms with van der Waals surface area (Å²) in [5.41, 5.74) is -0.330. The Labute approximate surface area is 233 Å². The fraction of sp³-hybridized carbons (Fsp3) is 0.481. The number of hydrogen-bond acceptors (Lipinski definition) is 8. The van der Waals surface area contributed by atoms with E-state index in [0.29, 0.717) is 35.9 Å². The first-order valence-corrected chi connectivity index (χ1v) is 13.3. The van der Waals surface area contributed by atoms with E-state index in [1.807, 2.05) is 0 Å². The molecule has 0 saturated carbocycles. The first kappa shape index (κ1) is 28.7. The van der Waals surface area contributed by atoms with E-state index in [1.54, 1.807) is 4.90 Å². The van der Waals surface area contributed by atoms with Crippen molar-refractivity contribution in [2.45, 2.75) is 51.0 Å². The maximum absolute atomic E-state index is 13.7. The summed E-state index contributed by atoms with van der Waals surface area (Å²) < 4.78 is 82.0. The second-order valence-electron chi connectivity index (χ2n) is 10.4. The molecule has 1 N–H and O–H groups in total. The van der Waals surface area contributed by atoms with Crippen molar-refractivity contribution in [3.63, 3.8) is 0 Å². The van der Waals surface area contributed by atoms with E-state index in [1.165, 1.54) is 37.3 Å². The highest BCUT2D eigenvalue weighted by Crippen LogP contribution is 2.38. The van der Waals surface area contributed by atoms with Gasteiger partial charge in [-0.05, 0) is 50.5 Å². The van der Waals surface area contributed by atoms with Gasteiger partial charge in [0.1, 0.15) is 23.3 Å². The van der Waals surface area contributed by atoms with Crippen LogP contribution in [0.2, 0.25) is 0 Å². The minimum absolute atomic E-state index is 0.149. The lowest BCUT2D eigenvalue weighted by Crippen LogP contribution is -2.29. The molecular weight excluding hydrogens is 550 g/mol. The molecule has 1 unspecified atom stereocenters. The van der Waals surface area contributed by atoms with E-state index in [0.717, 1.165) is 31.5 Å². The zero-order chi connectivity index (χ0) is 29.5. The fourth-order valence-corrected chi connectivity index (χ4v) is 5.33. The Hall–Kier alpha value is -3.84. The van der Waals surface area contributed by atoms with E-state index < -0.39 is 23.5 Å². The fourth-order valence-electron chi connectivity index (χ4n) is 5.33. The van der Waals surface area contributed by atoms with Crippen LogP contribution in [-0.4, -0.2) is 59.7 Å². The summed E-state index contributed by atoms with van der Waals surface area (Å²) in [5.74, 6) is 0.604. The third kappa shape index (κ3) is 5.96. The molecule has 41 heavy (non-hydrogen) atoms. The zero-order valence-corrected chi connectivity index (χ0v) is 22.8. The first-order valence-electron chi connectivity index (χ1n) is 13.3. The second-order valence-corrected chi connectivity index (χ2v) is 10.4. The molecule has 2 aliphatic rings. The van der Waals surface area contributed by atoms with Gasteiger partial charge >= 0.3 is 12.4 Å². The molecule has 5 rings (SSSR count). The number of halogens is 6. The monoisotopic (exact) mass is 580 g/mol. The zero-order valence-electron chi connectivity index (χ0n) is 22.8. The van der Waals surface area contributed by atoms with Crippen LogP contribution >= 0.6 is 0 Å². The average molecular weight is 581 g/mol. The number of nitrogens with zero attached hydrogens (tertiary/aromatic N) is 7. The van der Waals surface area contributed by atoms with Crippen molar-refractivity contribution in [1.82, 2.24) is 19.9 Å². The van der Waals surface area contributed by atoms with Crippen LogP contribution in [0.5, 0.6) is 0 Å². The number of rotatable bonds is 5. The van der Waals surface area contributed by atoms with Gasteiger partial charge < -0.3 is 20.0 Å². The van der Waals surface area contributed by atoms with Crippen LogP contribution < -0.4 is 20.0 Å². The molecular formula is C27H30F6N8. The Balaban J connectivity index is 1.53. The number of pyridine rings is 2. The number of alkyl halides is 6. The number of fused-ring (bicyclic) bond motifs is 1. The Kier molecular flexibility index (Phi) is 7.60. The van der Waals surface area contributed by atoms with Crippen molar-refractivity contribution in [3.05, 3.63) is 52.8 Å². The van der Waals surface area contributed by atoms with Crippen LogP contribution in [0.1, 0.15) is 42.1 Å². The van der Waals surface area contributed by atoms with Crippen molar-refractivity contribution >= 4 is 29.2 Å². The number of aromatic nitrogens is 4. The van der Waals surface area contributed by atoms with Crippen LogP contribution in [0, 0.1) is 0 Å². The minimum atomic E-state index is -4.58. The van der Waals surface area contributed by atoms with Gasteiger partial charge in [0.25, 0.3) is 0 Å². The molecule has 0 aliphatic carbocycles. The Morgan fingerprint density at radius 3 is 2.29 bits per heavy atom. The first-order chi connectivity index (χ1) is 19.3. The highest BCUT2D eigenvalue weighted by Gasteiger charge is 2.37. The lowest BCUT2D eigenvalue weighted by atomic mass is 10.1. The number of nitrogens with one attached hydrogen (secondary N) is 1. The molecule has 14 heteroatoms. The van der Waals surface area contributed by atoms with Gasteiger partial charge in [0.2, 0.25) is 5.95 Å². The molecule has 0 amide bonds. The van der Waals surface area contributed by atoms with E-state index >= 15 is 0 Å². The molecule has 3 aromatic heterocycles. The van der Waals surface area contributed by atoms with Gasteiger partial charge in [0, 0.05) is 58.0 Å². The van der Waals surface area contributed by atoms with E-state index in [4.69, 9.17) is 9.97 Å². The summed E-state index contributed by atoms with van der Waals surface area (Å²) >= 11 is 0. The lowest BCUT2D eigenvalue weighted by molar-refractivity contribution is -0.138. The smallest absolute Gasteiger partial charge is 0.362 e. The second kappa shape index (κ2) is 10.9. The summed E-state index contributed by atoms with van der Waals surface area (Å²) in [6, 6.07) is 4.67. The standard InChI is InChI=1S/C27H30F6N8/c1-16-6-5-13-41(16)25-35-20-11-15-40(23-18(26(28,29)30)7-4-12-34-23)14-10-17(20)22(38-25)36-21-9-8-19(27(31,32)33)24(37-21)39(2)3/h4,7-9,12,16H,5-6,10-11,13-15H2,1-3H3,(H,35,36,37,38). The Morgan fingerprint density at radius 2 is 1.63 bits per heavy atom. The molecule has 220 valence electrons. The quantitative estimate of drug-likeness (QED) is 0.385. The molecule has 2 aliphatic heterocycles. The molecule has 1 atom stereocenters. The largest absolute Gasteiger partial charge is 0.419 e. The molecule has 1 fully saturated rings. The van der Waals surface area contributed by atoms with Crippen molar-refractivity contribution in [2.24, 2.45) is 0 Å². The molecule has 0 spiro atoms. The summed E-state index contributed by atoms with van der Waals surface area (Å²) in [7, 11) is 2.96. The van der Waals surface area contributed by atoms with E-state index in [-0.39, 0.29) is 36.6 Å². The molecule has 1 saturated heterocycles. The van der Waals surface area contributed by atoms with E-state index in [9.17, 15) is 26.3 Å². The number of hydrogen-bond donors (Lipinski definition) is 1.